The van der Waals surface area contributed by atoms with Crippen LogP contribution in [0.15, 0.2) is 60.8 Å². The van der Waals surface area contributed by atoms with Crippen LogP contribution < -0.4 is 18.9 Å². The minimum Gasteiger partial charge on any atom is -0.493 e. The summed E-state index contributed by atoms with van der Waals surface area (Å²) in [6.07, 6.45) is 10.1. The predicted octanol–water partition coefficient (Wildman–Crippen LogP) is 8.42. The molecule has 4 rings (SSSR count). The number of fused-ring (bicyclic) bond motifs is 1. The molecule has 0 spiro atoms. The molecule has 0 amide bonds. The molecule has 2 aromatic carbocycles. The number of pyridine rings is 2. The van der Waals surface area contributed by atoms with Crippen molar-refractivity contribution < 1.29 is 36.9 Å². The second kappa shape index (κ2) is 21.3. The lowest BCUT2D eigenvalue weighted by Gasteiger charge is -2.24. The van der Waals surface area contributed by atoms with Crippen LogP contribution in [0.25, 0.3) is 33.4 Å². The zero-order chi connectivity index (χ0) is 42.4. The van der Waals surface area contributed by atoms with Crippen LogP contribution in [0.3, 0.4) is 0 Å². The third-order valence-electron chi connectivity index (χ3n) is 9.90. The number of ether oxygens (including phenoxy) is 4. The maximum Gasteiger partial charge on any atom is 0.159 e. The molecule has 2 heterocycles. The van der Waals surface area contributed by atoms with Crippen molar-refractivity contribution in [2.24, 2.45) is 0 Å². The van der Waals surface area contributed by atoms with Crippen LogP contribution in [-0.2, 0) is 0 Å². The van der Waals surface area contributed by atoms with Crippen molar-refractivity contribution in [3.8, 4) is 45.4 Å². The summed E-state index contributed by atoms with van der Waals surface area (Å²) in [7, 11) is 26.8. The lowest BCUT2D eigenvalue weighted by Crippen LogP contribution is -2.35. The minimum atomic E-state index is 0.634. The van der Waals surface area contributed by atoms with Gasteiger partial charge >= 0.3 is 0 Å². The minimum absolute atomic E-state index is 0.634. The molecule has 0 aliphatic rings. The molecule has 0 aliphatic carbocycles. The SMILES string of the molecule is C[N+](C)(C)CCCCOc1cc(OCCCC[N+](C)(C)C)cc(-c2cc3cccnc3nc2-c2cc(OCCCC[N+](C)(C)C)cc(OCCCC[N+](C)(C)C)c2)c1. The molecule has 58 heavy (non-hydrogen) atoms. The van der Waals surface area contributed by atoms with Crippen LogP contribution >= 0.6 is 0 Å². The lowest BCUT2D eigenvalue weighted by molar-refractivity contribution is -0.870. The first-order valence-electron chi connectivity index (χ1n) is 21.5. The summed E-state index contributed by atoms with van der Waals surface area (Å²) in [5.74, 6) is 3.15. The van der Waals surface area contributed by atoms with Crippen molar-refractivity contribution >= 4 is 11.0 Å². The monoisotopic (exact) mass is 803 g/mol. The van der Waals surface area contributed by atoms with Gasteiger partial charge in [-0.1, -0.05) is 0 Å². The average Bonchev–Trinajstić information content (AvgIpc) is 3.11. The molecule has 0 radical (unpaired) electrons. The Kier molecular flexibility index (Phi) is 17.2. The van der Waals surface area contributed by atoms with E-state index in [4.69, 9.17) is 23.9 Å². The Bertz CT molecular complexity index is 1630. The summed E-state index contributed by atoms with van der Waals surface area (Å²) in [5.41, 5.74) is 4.37. The molecule has 0 unspecified atom stereocenters. The molecule has 2 aromatic heterocycles. The number of unbranched alkanes of at least 4 members (excludes halogenated alkanes) is 4. The van der Waals surface area contributed by atoms with Gasteiger partial charge in [-0.3, -0.25) is 0 Å². The molecular weight excluding hydrogens is 725 g/mol. The number of hydrogen-bond donors (Lipinski definition) is 0. The van der Waals surface area contributed by atoms with Gasteiger partial charge in [-0.25, -0.2) is 9.97 Å². The highest BCUT2D eigenvalue weighted by atomic mass is 16.5. The van der Waals surface area contributed by atoms with Crippen molar-refractivity contribution in [1.29, 1.82) is 0 Å². The van der Waals surface area contributed by atoms with Crippen molar-refractivity contribution in [2.75, 3.05) is 137 Å². The van der Waals surface area contributed by atoms with E-state index in [2.05, 4.69) is 126 Å². The summed E-state index contributed by atoms with van der Waals surface area (Å²) >= 11 is 0. The van der Waals surface area contributed by atoms with Crippen molar-refractivity contribution in [2.45, 2.75) is 51.4 Å². The van der Waals surface area contributed by atoms with Gasteiger partial charge in [-0.05, 0) is 99.4 Å². The van der Waals surface area contributed by atoms with Crippen LogP contribution in [-0.4, -0.2) is 165 Å². The first-order chi connectivity index (χ1) is 27.2. The zero-order valence-corrected chi connectivity index (χ0v) is 38.4. The van der Waals surface area contributed by atoms with Gasteiger partial charge in [0.1, 0.15) is 23.0 Å². The van der Waals surface area contributed by atoms with Crippen LogP contribution in [0.5, 0.6) is 23.0 Å². The largest absolute Gasteiger partial charge is 0.493 e. The molecule has 10 heteroatoms. The Morgan fingerprint density at radius 2 is 0.793 bits per heavy atom. The molecule has 0 atom stereocenters. The number of aromatic nitrogens is 2. The Hall–Kier alpha value is -3.96. The summed E-state index contributed by atoms with van der Waals surface area (Å²) in [5, 5.41) is 0.967. The zero-order valence-electron chi connectivity index (χ0n) is 38.4. The lowest BCUT2D eigenvalue weighted by atomic mass is 9.97. The van der Waals surface area contributed by atoms with Crippen molar-refractivity contribution in [3.63, 3.8) is 0 Å². The summed E-state index contributed by atoms with van der Waals surface area (Å²) < 4.78 is 29.6. The molecule has 0 N–H and O–H groups in total. The molecule has 4 aromatic rings. The van der Waals surface area contributed by atoms with Gasteiger partial charge in [0, 0.05) is 34.8 Å². The maximum atomic E-state index is 6.47. The number of rotatable bonds is 26. The van der Waals surface area contributed by atoms with Gasteiger partial charge in [0.05, 0.1) is 143 Å². The number of quaternary nitrogens is 4. The van der Waals surface area contributed by atoms with E-state index in [1.54, 1.807) is 6.20 Å². The predicted molar refractivity (Wildman–Crippen MR) is 241 cm³/mol. The Labute approximate surface area is 351 Å². The van der Waals surface area contributed by atoms with E-state index in [-0.39, 0.29) is 0 Å². The first kappa shape index (κ1) is 46.7. The number of hydrogen-bond acceptors (Lipinski definition) is 6. The quantitative estimate of drug-likeness (QED) is 0.0470. The van der Waals surface area contributed by atoms with Crippen LogP contribution in [0.1, 0.15) is 51.4 Å². The summed E-state index contributed by atoms with van der Waals surface area (Å²) in [4.78, 5) is 9.93. The Morgan fingerprint density at radius 1 is 0.431 bits per heavy atom. The van der Waals surface area contributed by atoms with E-state index in [9.17, 15) is 0 Å². The van der Waals surface area contributed by atoms with E-state index >= 15 is 0 Å². The molecule has 0 bridgehead atoms. The van der Waals surface area contributed by atoms with Crippen LogP contribution in [0, 0.1) is 0 Å². The summed E-state index contributed by atoms with van der Waals surface area (Å²) in [6.45, 7) is 6.96. The fraction of sp³-hybridized carbons (Fsp3) is 0.583. The van der Waals surface area contributed by atoms with E-state index in [1.165, 1.54) is 0 Å². The molecule has 0 saturated heterocycles. The fourth-order valence-electron chi connectivity index (χ4n) is 6.73. The van der Waals surface area contributed by atoms with E-state index < -0.39 is 0 Å². The third kappa shape index (κ3) is 17.9. The smallest absolute Gasteiger partial charge is 0.159 e. The van der Waals surface area contributed by atoms with E-state index in [0.29, 0.717) is 32.1 Å². The molecule has 0 saturated carbocycles. The average molecular weight is 803 g/mol. The Morgan fingerprint density at radius 3 is 1.16 bits per heavy atom. The molecule has 320 valence electrons. The fourth-order valence-corrected chi connectivity index (χ4v) is 6.73. The normalized spacial score (nSPS) is 12.6. The highest BCUT2D eigenvalue weighted by Crippen LogP contribution is 2.39. The van der Waals surface area contributed by atoms with Crippen LogP contribution in [0.2, 0.25) is 0 Å². The first-order valence-corrected chi connectivity index (χ1v) is 21.5. The molecule has 0 aliphatic heterocycles. The van der Waals surface area contributed by atoms with Gasteiger partial charge in [0.15, 0.2) is 5.65 Å². The van der Waals surface area contributed by atoms with Crippen molar-refractivity contribution in [1.82, 2.24) is 9.97 Å². The highest BCUT2D eigenvalue weighted by molar-refractivity contribution is 5.91. The number of nitrogens with zero attached hydrogens (tertiary/aromatic N) is 6. The molecular formula is C48H78N6O4+4. The standard InChI is InChI=1S/C48H78N6O4/c1-51(2,3)24-13-17-28-55-42-32-40(33-43(37-42)56-29-18-14-25-52(4,5)6)46-36-39-22-21-23-49-48(39)50-47(46)41-34-44(57-30-19-15-26-53(7,8)9)38-45(35-41)58-31-20-16-27-54(10,11)12/h21-23,32-38H,13-20,24-31H2,1-12H3/q+4. The van der Waals surface area contributed by atoms with Gasteiger partial charge in [-0.2, -0.15) is 0 Å². The topological polar surface area (TPSA) is 62.7 Å². The molecule has 10 nitrogen and oxygen atoms in total. The van der Waals surface area contributed by atoms with Gasteiger partial charge in [-0.15, -0.1) is 0 Å². The van der Waals surface area contributed by atoms with Gasteiger partial charge in [0.25, 0.3) is 0 Å². The maximum absolute atomic E-state index is 6.47. The molecule has 0 fully saturated rings. The van der Waals surface area contributed by atoms with Gasteiger partial charge in [0.2, 0.25) is 0 Å². The second-order valence-corrected chi connectivity index (χ2v) is 20.1. The third-order valence-corrected chi connectivity index (χ3v) is 9.90. The summed E-state index contributed by atoms with van der Waals surface area (Å²) in [6, 6.07) is 18.8. The Balaban J connectivity index is 1.72. The highest BCUT2D eigenvalue weighted by Gasteiger charge is 2.18. The second-order valence-electron chi connectivity index (χ2n) is 20.1. The number of benzene rings is 2. The van der Waals surface area contributed by atoms with E-state index in [0.717, 1.165) is 146 Å². The van der Waals surface area contributed by atoms with E-state index in [1.807, 2.05) is 18.2 Å². The van der Waals surface area contributed by atoms with Gasteiger partial charge < -0.3 is 36.9 Å². The van der Waals surface area contributed by atoms with Crippen molar-refractivity contribution in [3.05, 3.63) is 60.8 Å². The van der Waals surface area contributed by atoms with Crippen LogP contribution in [0.4, 0.5) is 0 Å².